The van der Waals surface area contributed by atoms with Crippen molar-refractivity contribution < 1.29 is 31.2 Å². The Hall–Kier alpha value is -2.93. The van der Waals surface area contributed by atoms with Crippen molar-refractivity contribution in [1.29, 1.82) is 0 Å². The van der Waals surface area contributed by atoms with Crippen molar-refractivity contribution in [2.75, 3.05) is 25.9 Å². The number of primary sulfonamides is 1. The van der Waals surface area contributed by atoms with Gasteiger partial charge in [0.25, 0.3) is 5.91 Å². The molecule has 0 saturated carbocycles. The summed E-state index contributed by atoms with van der Waals surface area (Å²) in [6, 6.07) is 9.65. The number of sulfonamides is 1. The Labute approximate surface area is 207 Å². The van der Waals surface area contributed by atoms with E-state index in [4.69, 9.17) is 21.5 Å². The van der Waals surface area contributed by atoms with E-state index in [1.807, 2.05) is 0 Å². The Balaban J connectivity index is 1.36. The number of ether oxygens (including phenoxy) is 1. The van der Waals surface area contributed by atoms with Gasteiger partial charge in [0.2, 0.25) is 10.0 Å². The van der Waals surface area contributed by atoms with Crippen LogP contribution in [0, 0.1) is 5.92 Å². The zero-order chi connectivity index (χ0) is 25.5. The van der Waals surface area contributed by atoms with Crippen LogP contribution >= 0.6 is 11.6 Å². The summed E-state index contributed by atoms with van der Waals surface area (Å²) in [6.07, 6.45) is 2.21. The molecule has 0 aliphatic carbocycles. The quantitative estimate of drug-likeness (QED) is 0.611. The van der Waals surface area contributed by atoms with Crippen LogP contribution < -0.4 is 5.14 Å². The highest BCUT2D eigenvalue weighted by molar-refractivity contribution is 7.90. The summed E-state index contributed by atoms with van der Waals surface area (Å²) in [5.41, 5.74) is 1.68. The molecule has 2 aliphatic rings. The van der Waals surface area contributed by atoms with Gasteiger partial charge in [0.15, 0.2) is 9.84 Å². The number of hydrogen-bond acceptors (Lipinski definition) is 7. The third-order valence-corrected chi connectivity index (χ3v) is 7.99. The topological polar surface area (TPSA) is 144 Å². The van der Waals surface area contributed by atoms with Gasteiger partial charge in [-0.15, -0.1) is 0 Å². The molecule has 10 nitrogen and oxygen atoms in total. The van der Waals surface area contributed by atoms with Crippen LogP contribution in [0.25, 0.3) is 0 Å². The number of carbonyl (C=O) groups excluding carboxylic acids is 2. The van der Waals surface area contributed by atoms with Gasteiger partial charge in [0.05, 0.1) is 9.79 Å². The van der Waals surface area contributed by atoms with E-state index < -0.39 is 26.0 Å². The highest BCUT2D eigenvalue weighted by Crippen LogP contribution is 2.31. The van der Waals surface area contributed by atoms with Gasteiger partial charge in [0.1, 0.15) is 6.61 Å². The van der Waals surface area contributed by atoms with E-state index in [0.717, 1.165) is 11.8 Å². The summed E-state index contributed by atoms with van der Waals surface area (Å²) >= 11 is 5.99. The molecule has 2 heterocycles. The molecule has 0 unspecified atom stereocenters. The molecule has 0 radical (unpaired) electrons. The van der Waals surface area contributed by atoms with E-state index in [2.05, 4.69) is 0 Å². The molecule has 2 aliphatic heterocycles. The molecule has 0 spiro atoms. The predicted octanol–water partition coefficient (Wildman–Crippen LogP) is 2.00. The van der Waals surface area contributed by atoms with Crippen molar-refractivity contribution in [3.8, 4) is 0 Å². The van der Waals surface area contributed by atoms with Crippen LogP contribution in [0.15, 0.2) is 64.0 Å². The summed E-state index contributed by atoms with van der Waals surface area (Å²) in [4.78, 5) is 28.3. The summed E-state index contributed by atoms with van der Waals surface area (Å²) in [6.45, 7) is 0.896. The molecule has 0 aromatic heterocycles. The normalized spacial score (nSPS) is 17.8. The molecular weight excluding hydrogens is 518 g/mol. The van der Waals surface area contributed by atoms with Crippen molar-refractivity contribution >= 4 is 43.5 Å². The third kappa shape index (κ3) is 5.67. The molecule has 35 heavy (non-hydrogen) atoms. The minimum Gasteiger partial charge on any atom is -0.445 e. The molecular formula is C22H22ClN3O7S2. The number of amides is 2. The number of sulfone groups is 1. The Kier molecular flexibility index (Phi) is 6.66. The average molecular weight is 540 g/mol. The lowest BCUT2D eigenvalue weighted by molar-refractivity contribution is 0.0815. The number of halogens is 1. The zero-order valence-electron chi connectivity index (χ0n) is 18.5. The Bertz CT molecular complexity index is 1440. The van der Waals surface area contributed by atoms with Gasteiger partial charge < -0.3 is 14.5 Å². The van der Waals surface area contributed by atoms with Gasteiger partial charge in [0, 0.05) is 48.6 Å². The Morgan fingerprint density at radius 2 is 1.74 bits per heavy atom. The number of benzene rings is 2. The average Bonchev–Trinajstić information content (AvgIpc) is 3.35. The van der Waals surface area contributed by atoms with E-state index in [9.17, 15) is 26.4 Å². The summed E-state index contributed by atoms with van der Waals surface area (Å²) in [5.74, 6) is -0.331. The van der Waals surface area contributed by atoms with Gasteiger partial charge in [-0.25, -0.2) is 26.8 Å². The first-order chi connectivity index (χ1) is 16.3. The Morgan fingerprint density at radius 1 is 1.06 bits per heavy atom. The number of carbonyl (C=O) groups is 2. The number of hydrogen-bond donors (Lipinski definition) is 1. The molecule has 2 aromatic carbocycles. The maximum absolute atomic E-state index is 12.8. The first-order valence-corrected chi connectivity index (χ1v) is 14.2. The van der Waals surface area contributed by atoms with Crippen LogP contribution in [0.4, 0.5) is 4.79 Å². The lowest BCUT2D eigenvalue weighted by Crippen LogP contribution is -2.33. The first-order valence-electron chi connectivity index (χ1n) is 10.4. The second-order valence-electron chi connectivity index (χ2n) is 8.43. The van der Waals surface area contributed by atoms with Crippen molar-refractivity contribution in [2.45, 2.75) is 16.4 Å². The van der Waals surface area contributed by atoms with Gasteiger partial charge in [-0.1, -0.05) is 11.6 Å². The van der Waals surface area contributed by atoms with E-state index in [-0.39, 0.29) is 33.2 Å². The van der Waals surface area contributed by atoms with Crippen LogP contribution in [-0.2, 0) is 31.2 Å². The number of nitrogens with zero attached hydrogens (tertiary/aromatic N) is 2. The summed E-state index contributed by atoms with van der Waals surface area (Å²) in [7, 11) is -7.30. The van der Waals surface area contributed by atoms with Crippen molar-refractivity contribution in [3.63, 3.8) is 0 Å². The lowest BCUT2D eigenvalue weighted by atomic mass is 10.1. The van der Waals surface area contributed by atoms with Crippen molar-refractivity contribution in [1.82, 2.24) is 9.80 Å². The minimum absolute atomic E-state index is 0.0426. The largest absolute Gasteiger partial charge is 0.445 e. The number of likely N-dealkylation sites (tertiary alicyclic amines) is 1. The van der Waals surface area contributed by atoms with Gasteiger partial charge in [-0.05, 0) is 53.6 Å². The van der Waals surface area contributed by atoms with Crippen LogP contribution in [0.3, 0.4) is 0 Å². The third-order valence-electron chi connectivity index (χ3n) is 5.75. The fraction of sp³-hybridized carbons (Fsp3) is 0.273. The molecule has 2 aromatic rings. The standard InChI is InChI=1S/C22H22ClN3O7S2/c1-34(29,30)20-7-14(6-18(23)8-20)13-33-22(28)26-11-16-9-25(10-17(16)12-26)21(27)15-2-4-19(5-3-15)35(24,31)32/h2-9,17H,10-13H2,1H3,(H2,24,31,32)/t17-/m0/s1. The fourth-order valence-electron chi connectivity index (χ4n) is 4.00. The van der Waals surface area contributed by atoms with Gasteiger partial charge >= 0.3 is 6.09 Å². The van der Waals surface area contributed by atoms with E-state index in [1.165, 1.54) is 52.3 Å². The van der Waals surface area contributed by atoms with Gasteiger partial charge in [-0.3, -0.25) is 4.79 Å². The van der Waals surface area contributed by atoms with E-state index in [0.29, 0.717) is 30.8 Å². The monoisotopic (exact) mass is 539 g/mol. The lowest BCUT2D eigenvalue weighted by Gasteiger charge is -2.20. The van der Waals surface area contributed by atoms with Gasteiger partial charge in [-0.2, -0.15) is 0 Å². The van der Waals surface area contributed by atoms with Crippen LogP contribution in [0.5, 0.6) is 0 Å². The molecule has 0 bridgehead atoms. The second-order valence-corrected chi connectivity index (χ2v) is 12.4. The number of fused-ring (bicyclic) bond motifs is 1. The summed E-state index contributed by atoms with van der Waals surface area (Å²) in [5, 5.41) is 5.31. The molecule has 4 rings (SSSR count). The molecule has 1 saturated heterocycles. The number of rotatable bonds is 5. The number of nitrogens with two attached hydrogens (primary N) is 1. The van der Waals surface area contributed by atoms with Crippen molar-refractivity contribution in [3.05, 3.63) is 70.4 Å². The van der Waals surface area contributed by atoms with Crippen molar-refractivity contribution in [2.24, 2.45) is 11.1 Å². The molecule has 2 amide bonds. The molecule has 13 heteroatoms. The van der Waals surface area contributed by atoms with E-state index in [1.54, 1.807) is 6.20 Å². The molecule has 1 fully saturated rings. The maximum Gasteiger partial charge on any atom is 0.410 e. The Morgan fingerprint density at radius 3 is 2.34 bits per heavy atom. The molecule has 1 atom stereocenters. The maximum atomic E-state index is 12.8. The molecule has 2 N–H and O–H groups in total. The molecule has 186 valence electrons. The van der Waals surface area contributed by atoms with Crippen LogP contribution in [-0.4, -0.2) is 64.5 Å². The second kappa shape index (κ2) is 9.26. The zero-order valence-corrected chi connectivity index (χ0v) is 20.9. The highest BCUT2D eigenvalue weighted by Gasteiger charge is 2.38. The van der Waals surface area contributed by atoms with Crippen LogP contribution in [0.1, 0.15) is 15.9 Å². The smallest absolute Gasteiger partial charge is 0.410 e. The minimum atomic E-state index is -3.84. The van der Waals surface area contributed by atoms with E-state index >= 15 is 0 Å². The first kappa shape index (κ1) is 25.2. The predicted molar refractivity (Wildman–Crippen MR) is 127 cm³/mol. The highest BCUT2D eigenvalue weighted by atomic mass is 35.5. The SMILES string of the molecule is CS(=O)(=O)c1cc(Cl)cc(COC(=O)N2CC3=CN(C(=O)c4ccc(S(N)(=O)=O)cc4)C[C@H]3C2)c1. The van der Waals surface area contributed by atoms with Crippen LogP contribution in [0.2, 0.25) is 5.02 Å². The summed E-state index contributed by atoms with van der Waals surface area (Å²) < 4.78 is 51.7. The fourth-order valence-corrected chi connectivity index (χ4v) is 5.54.